The SMILES string of the molecule is [2H]c1c([2H])c(C([2H])([2H])C([2H])([2H])N)c2c([2H])c(OC([2H])([2H])[2H])c([2H])c([2H])c2c1[2H].[2H]c1c([2H])c(C([2H])([2H])C([2H])([2H])NC(=O)C([2H])([2H])[2H])c2c([2H])c(OC([2H])([2H])[2H])c([2H])c([2H])c2c1[2H]. The van der Waals surface area contributed by atoms with Gasteiger partial charge in [-0.2, -0.15) is 0 Å². The molecule has 4 aromatic rings. The fourth-order valence-electron chi connectivity index (χ4n) is 2.29. The highest BCUT2D eigenvalue weighted by Crippen LogP contribution is 2.25. The Kier molecular flexibility index (Phi) is 2.35. The molecule has 0 aliphatic rings. The topological polar surface area (TPSA) is 73.6 Å². The molecule has 5 heteroatoms. The van der Waals surface area contributed by atoms with Crippen LogP contribution in [0.4, 0.5) is 0 Å². The molecule has 4 aromatic carbocycles. The van der Waals surface area contributed by atoms with Crippen molar-refractivity contribution in [1.82, 2.24) is 5.32 Å². The third-order valence-corrected chi connectivity index (χ3v) is 3.59. The Hall–Kier alpha value is -3.57. The number of carbonyl (C=O) groups is 1. The summed E-state index contributed by atoms with van der Waals surface area (Å²) < 4.78 is 234. The summed E-state index contributed by atoms with van der Waals surface area (Å²) in [6.45, 7) is -10.0. The third-order valence-electron chi connectivity index (χ3n) is 3.59. The molecule has 4 rings (SSSR count). The summed E-state index contributed by atoms with van der Waals surface area (Å²) >= 11 is 0. The second-order valence-corrected chi connectivity index (χ2v) is 5.59. The highest BCUT2D eigenvalue weighted by atomic mass is 16.5. The van der Waals surface area contributed by atoms with Crippen molar-refractivity contribution in [3.63, 3.8) is 0 Å². The molecule has 0 aliphatic heterocycles. The van der Waals surface area contributed by atoms with E-state index in [1.54, 1.807) is 0 Å². The van der Waals surface area contributed by atoms with Crippen molar-refractivity contribution < 1.29 is 54.0 Å². The molecule has 0 spiro atoms. The van der Waals surface area contributed by atoms with E-state index in [9.17, 15) is 4.79 Å². The van der Waals surface area contributed by atoms with Crippen molar-refractivity contribution in [1.29, 1.82) is 0 Å². The lowest BCUT2D eigenvalue weighted by Crippen LogP contribution is -2.22. The Morgan fingerprint density at radius 2 is 1.48 bits per heavy atom. The molecule has 0 aromatic heterocycles. The zero-order valence-corrected chi connectivity index (χ0v) is 16.3. The normalized spacial score (nSPS) is 26.0. The van der Waals surface area contributed by atoms with Gasteiger partial charge >= 0.3 is 0 Å². The van der Waals surface area contributed by atoms with Gasteiger partial charge in [-0.15, -0.1) is 0 Å². The van der Waals surface area contributed by atoms with Crippen LogP contribution in [0, 0.1) is 0 Å². The number of ether oxygens (including phenoxy) is 2. The van der Waals surface area contributed by atoms with E-state index < -0.39 is 169 Å². The summed E-state index contributed by atoms with van der Waals surface area (Å²) in [4.78, 5) is 11.8. The first-order chi connectivity index (χ1) is 27.5. The number of amides is 1. The molecule has 0 unspecified atom stereocenters. The molecular weight excluding hydrogens is 412 g/mol. The Balaban J connectivity index is 0.000000336. The number of carbonyl (C=O) groups excluding carboxylic acids is 1. The molecule has 0 fully saturated rings. The van der Waals surface area contributed by atoms with Crippen LogP contribution in [0.15, 0.2) is 72.5 Å². The predicted molar refractivity (Wildman–Crippen MR) is 136 cm³/mol. The number of hydrogen-bond acceptors (Lipinski definition) is 4. The van der Waals surface area contributed by atoms with Crippen LogP contribution in [-0.2, 0) is 17.5 Å². The number of benzene rings is 4. The Morgan fingerprint density at radius 1 is 0.909 bits per heavy atom. The van der Waals surface area contributed by atoms with Crippen LogP contribution >= 0.6 is 0 Å². The Morgan fingerprint density at radius 3 is 2.00 bits per heavy atom. The van der Waals surface area contributed by atoms with Crippen molar-refractivity contribution in [3.05, 3.63) is 83.6 Å². The van der Waals surface area contributed by atoms with E-state index >= 15 is 0 Å². The van der Waals surface area contributed by atoms with E-state index in [4.69, 9.17) is 45.5 Å². The molecule has 1 amide bonds. The van der Waals surface area contributed by atoms with Gasteiger partial charge in [0.2, 0.25) is 5.91 Å². The number of methoxy groups -OCH3 is 2. The van der Waals surface area contributed by atoms with E-state index in [1.807, 2.05) is 0 Å². The van der Waals surface area contributed by atoms with E-state index in [2.05, 4.69) is 9.47 Å². The summed E-state index contributed by atoms with van der Waals surface area (Å²) in [5.41, 5.74) is 3.21. The number of fused-ring (bicyclic) bond motifs is 2. The van der Waals surface area contributed by atoms with Crippen molar-refractivity contribution in [2.45, 2.75) is 19.6 Å². The van der Waals surface area contributed by atoms with Gasteiger partial charge in [0, 0.05) is 28.4 Å². The predicted octanol–water partition coefficient (Wildman–Crippen LogP) is 4.88. The van der Waals surface area contributed by atoms with Crippen LogP contribution in [-0.4, -0.2) is 33.0 Å². The molecular formula is C28H32N2O3. The molecule has 0 radical (unpaired) electrons. The molecule has 0 saturated carbocycles. The minimum absolute atomic E-state index is 0.572. The number of aryl methyl sites for hydroxylation is 2. The maximum absolute atomic E-state index is 11.8. The van der Waals surface area contributed by atoms with Gasteiger partial charge < -0.3 is 20.5 Å². The highest BCUT2D eigenvalue weighted by molar-refractivity contribution is 5.88. The van der Waals surface area contributed by atoms with Gasteiger partial charge in [-0.3, -0.25) is 4.79 Å². The second-order valence-electron chi connectivity index (χ2n) is 5.59. The van der Waals surface area contributed by atoms with Gasteiger partial charge in [0.15, 0.2) is 0 Å². The van der Waals surface area contributed by atoms with E-state index in [-0.39, 0.29) is 0 Å². The van der Waals surface area contributed by atoms with E-state index in [0.29, 0.717) is 0 Å². The van der Waals surface area contributed by atoms with Gasteiger partial charge in [0.25, 0.3) is 0 Å². The monoisotopic (exact) mass is 473 g/mol. The quantitative estimate of drug-likeness (QED) is 0.401. The standard InChI is InChI=1S/C15H17NO2.C13H15NO/c1-11(17)16-9-8-13-5-3-4-12-6-7-14(18-2)10-15(12)13;1-15-12-6-5-10-3-2-4-11(7-8-14)13(10)9-12/h3-7,10H,8-9H2,1-2H3,(H,16,17);2-6,9H,7-8,14H2,1H3/i1D3,2D3,3D,4D,5D,6D,7D,8D2,9D2,10D;1D3,2D,3D,4D,5D,6D,7D2,8D2,9D. The Bertz CT molecular complexity index is 2470. The number of nitrogens with one attached hydrogen (secondary N) is 1. The molecule has 33 heavy (non-hydrogen) atoms. The van der Waals surface area contributed by atoms with E-state index in [0.717, 1.165) is 0 Å². The fourth-order valence-corrected chi connectivity index (χ4v) is 2.29. The lowest BCUT2D eigenvalue weighted by Gasteiger charge is -2.08. The van der Waals surface area contributed by atoms with Gasteiger partial charge in [0.1, 0.15) is 11.5 Å². The smallest absolute Gasteiger partial charge is 0.216 e. The maximum atomic E-state index is 11.8. The minimum atomic E-state index is -3.57. The molecule has 0 atom stereocenters. The fraction of sp³-hybridized carbons (Fsp3) is 0.250. The van der Waals surface area contributed by atoms with Gasteiger partial charge in [0.05, 0.1) is 38.7 Å². The second kappa shape index (κ2) is 11.9. The average molecular weight is 474 g/mol. The average Bonchev–Trinajstić information content (AvgIpc) is 3.09. The summed E-state index contributed by atoms with van der Waals surface area (Å²) in [5.74, 6) is -3.84. The first kappa shape index (κ1) is 6.51. The van der Waals surface area contributed by atoms with Crippen LogP contribution in [0.25, 0.3) is 21.5 Å². The van der Waals surface area contributed by atoms with Crippen molar-refractivity contribution in [2.75, 3.05) is 27.1 Å². The summed E-state index contributed by atoms with van der Waals surface area (Å²) in [5, 5.41) is -1.49. The van der Waals surface area contributed by atoms with Crippen molar-refractivity contribution in [3.8, 4) is 11.5 Å². The molecule has 0 bridgehead atoms. The van der Waals surface area contributed by atoms with Crippen molar-refractivity contribution in [2.24, 2.45) is 5.73 Å². The lowest BCUT2D eigenvalue weighted by atomic mass is 10.0. The van der Waals surface area contributed by atoms with Crippen LogP contribution in [0.2, 0.25) is 0 Å². The minimum Gasteiger partial charge on any atom is -0.497 e. The summed E-state index contributed by atoms with van der Waals surface area (Å²) in [7, 11) is -6.34. The molecule has 0 saturated heterocycles. The molecule has 0 heterocycles. The zero-order valence-electron chi connectivity index (χ0n) is 45.3. The first-order valence-corrected chi connectivity index (χ1v) is 8.56. The molecule has 3 N–H and O–H groups in total. The largest absolute Gasteiger partial charge is 0.497 e. The van der Waals surface area contributed by atoms with Crippen LogP contribution in [0.5, 0.6) is 11.5 Å². The van der Waals surface area contributed by atoms with E-state index in [1.165, 1.54) is 5.32 Å². The zero-order chi connectivity index (χ0) is 48.7. The number of hydrogen-bond donors (Lipinski definition) is 2. The maximum Gasteiger partial charge on any atom is 0.216 e. The molecule has 172 valence electrons. The summed E-state index contributed by atoms with van der Waals surface area (Å²) in [6, 6.07) is -11.2. The number of nitrogens with two attached hydrogens (primary N) is 1. The van der Waals surface area contributed by atoms with Gasteiger partial charge in [-0.25, -0.2) is 0 Å². The Labute approximate surface area is 236 Å². The first-order valence-electron chi connectivity index (χ1n) is 23.1. The third kappa shape index (κ3) is 6.46. The van der Waals surface area contributed by atoms with Gasteiger partial charge in [-0.1, -0.05) is 48.3 Å². The number of rotatable bonds is 7. The van der Waals surface area contributed by atoms with Crippen LogP contribution in [0.3, 0.4) is 0 Å². The van der Waals surface area contributed by atoms with Crippen LogP contribution < -0.4 is 20.5 Å². The van der Waals surface area contributed by atoms with Crippen molar-refractivity contribution >= 4 is 27.5 Å². The lowest BCUT2D eigenvalue weighted by molar-refractivity contribution is -0.118. The van der Waals surface area contributed by atoms with Crippen LogP contribution in [0.1, 0.15) is 57.7 Å². The molecule has 5 nitrogen and oxygen atoms in total. The van der Waals surface area contributed by atoms with Gasteiger partial charge in [-0.05, 0) is 76.1 Å². The molecule has 0 aliphatic carbocycles. The highest BCUT2D eigenvalue weighted by Gasteiger charge is 2.03. The summed E-state index contributed by atoms with van der Waals surface area (Å²) in [6.07, 6.45) is -6.72.